The van der Waals surface area contributed by atoms with E-state index >= 15 is 0 Å². The summed E-state index contributed by atoms with van der Waals surface area (Å²) in [7, 11) is 0. The van der Waals surface area contributed by atoms with Crippen LogP contribution in [0.15, 0.2) is 30.3 Å². The number of benzene rings is 1. The molecule has 2 amide bonds. The molecule has 7 nitrogen and oxygen atoms in total. The molecule has 3 rings (SSSR count). The first-order chi connectivity index (χ1) is 13.5. The number of carboxylic acid groups (broad SMARTS) is 1. The summed E-state index contributed by atoms with van der Waals surface area (Å²) in [6.45, 7) is 1.82. The van der Waals surface area contributed by atoms with Gasteiger partial charge in [-0.2, -0.15) is 0 Å². The van der Waals surface area contributed by atoms with Crippen molar-refractivity contribution in [1.82, 2.24) is 10.6 Å². The average molecular weight is 387 g/mol. The van der Waals surface area contributed by atoms with Crippen LogP contribution in [0.5, 0.6) is 0 Å². The number of nitrogens with one attached hydrogen (secondary N) is 2. The first kappa shape index (κ1) is 20.2. The highest BCUT2D eigenvalue weighted by molar-refractivity contribution is 5.80. The van der Waals surface area contributed by atoms with Crippen molar-refractivity contribution in [3.05, 3.63) is 30.3 Å². The van der Waals surface area contributed by atoms with Crippen molar-refractivity contribution in [2.24, 2.45) is 0 Å². The predicted octanol–water partition coefficient (Wildman–Crippen LogP) is 2.07. The van der Waals surface area contributed by atoms with Gasteiger partial charge in [-0.3, -0.25) is 14.4 Å². The van der Waals surface area contributed by atoms with Gasteiger partial charge in [0.25, 0.3) is 0 Å². The third-order valence-electron chi connectivity index (χ3n) is 5.86. The second-order valence-corrected chi connectivity index (χ2v) is 7.89. The zero-order chi connectivity index (χ0) is 20.0. The molecule has 0 spiro atoms. The molecule has 152 valence electrons. The van der Waals surface area contributed by atoms with Gasteiger partial charge in [-0.05, 0) is 44.2 Å². The molecular formula is C21H29N3O4. The Morgan fingerprint density at radius 3 is 2.43 bits per heavy atom. The van der Waals surface area contributed by atoms with Crippen LogP contribution in [0.4, 0.5) is 5.69 Å². The Morgan fingerprint density at radius 1 is 1.14 bits per heavy atom. The summed E-state index contributed by atoms with van der Waals surface area (Å²) in [4.78, 5) is 37.3. The summed E-state index contributed by atoms with van der Waals surface area (Å²) in [6.07, 6.45) is 3.97. The van der Waals surface area contributed by atoms with Crippen LogP contribution in [0.2, 0.25) is 0 Å². The maximum absolute atomic E-state index is 12.4. The molecule has 1 atom stereocenters. The van der Waals surface area contributed by atoms with Crippen LogP contribution in [0.3, 0.4) is 0 Å². The largest absolute Gasteiger partial charge is 0.481 e. The van der Waals surface area contributed by atoms with Crippen molar-refractivity contribution in [1.29, 1.82) is 0 Å². The Bertz CT molecular complexity index is 701. The normalized spacial score (nSPS) is 22.7. The van der Waals surface area contributed by atoms with Gasteiger partial charge in [-0.15, -0.1) is 0 Å². The SMILES string of the molecule is O=C(O)CC[C@@]1(CCC(=O)NC2CCN(c3ccccc3)CC2)CCC(=O)N1. The van der Waals surface area contributed by atoms with E-state index in [-0.39, 0.29) is 24.3 Å². The molecule has 0 aromatic heterocycles. The highest BCUT2D eigenvalue weighted by Crippen LogP contribution is 2.30. The van der Waals surface area contributed by atoms with E-state index in [0.717, 1.165) is 25.9 Å². The summed E-state index contributed by atoms with van der Waals surface area (Å²) < 4.78 is 0. The van der Waals surface area contributed by atoms with E-state index in [1.54, 1.807) is 0 Å². The fourth-order valence-electron chi connectivity index (χ4n) is 4.19. The summed E-state index contributed by atoms with van der Waals surface area (Å²) in [5, 5.41) is 15.0. The lowest BCUT2D eigenvalue weighted by molar-refractivity contribution is -0.137. The molecule has 0 bridgehead atoms. The predicted molar refractivity (Wildman–Crippen MR) is 106 cm³/mol. The second kappa shape index (κ2) is 9.08. The maximum atomic E-state index is 12.4. The van der Waals surface area contributed by atoms with Crippen molar-refractivity contribution >= 4 is 23.5 Å². The van der Waals surface area contributed by atoms with Crippen molar-refractivity contribution in [3.63, 3.8) is 0 Å². The van der Waals surface area contributed by atoms with E-state index in [2.05, 4.69) is 27.7 Å². The van der Waals surface area contributed by atoms with Gasteiger partial charge in [0.05, 0.1) is 0 Å². The first-order valence-corrected chi connectivity index (χ1v) is 10.1. The maximum Gasteiger partial charge on any atom is 0.303 e. The minimum Gasteiger partial charge on any atom is -0.481 e. The van der Waals surface area contributed by atoms with Crippen molar-refractivity contribution in [2.75, 3.05) is 18.0 Å². The number of aliphatic carboxylic acids is 1. The van der Waals surface area contributed by atoms with E-state index < -0.39 is 11.5 Å². The number of amides is 2. The van der Waals surface area contributed by atoms with Gasteiger partial charge in [-0.1, -0.05) is 18.2 Å². The lowest BCUT2D eigenvalue weighted by Crippen LogP contribution is -2.46. The molecule has 1 aromatic carbocycles. The van der Waals surface area contributed by atoms with E-state index in [0.29, 0.717) is 32.1 Å². The molecule has 2 aliphatic heterocycles. The highest BCUT2D eigenvalue weighted by atomic mass is 16.4. The van der Waals surface area contributed by atoms with Gasteiger partial charge in [0.15, 0.2) is 0 Å². The van der Waals surface area contributed by atoms with Crippen LogP contribution in [0, 0.1) is 0 Å². The average Bonchev–Trinajstić information content (AvgIpc) is 3.08. The number of rotatable bonds is 8. The number of carbonyl (C=O) groups is 3. The fourth-order valence-corrected chi connectivity index (χ4v) is 4.19. The molecule has 0 aliphatic carbocycles. The molecule has 0 saturated carbocycles. The Balaban J connectivity index is 1.44. The van der Waals surface area contributed by atoms with Crippen LogP contribution in [0.1, 0.15) is 51.4 Å². The standard InChI is InChI=1S/C21H29N3O4/c25-18(6-11-21(13-8-20(27)28)12-7-19(26)23-21)22-16-9-14-24(15-10-16)17-4-2-1-3-5-17/h1-5,16H,6-15H2,(H,22,25)(H,23,26)(H,27,28)/t21-/m1/s1. The molecule has 2 fully saturated rings. The smallest absolute Gasteiger partial charge is 0.303 e. The molecule has 0 unspecified atom stereocenters. The van der Waals surface area contributed by atoms with Crippen molar-refractivity contribution < 1.29 is 19.5 Å². The second-order valence-electron chi connectivity index (χ2n) is 7.89. The number of nitrogens with zero attached hydrogens (tertiary/aromatic N) is 1. The summed E-state index contributed by atoms with van der Waals surface area (Å²) in [6, 6.07) is 10.4. The van der Waals surface area contributed by atoms with E-state index in [4.69, 9.17) is 5.11 Å². The zero-order valence-corrected chi connectivity index (χ0v) is 16.2. The van der Waals surface area contributed by atoms with Gasteiger partial charge in [0.2, 0.25) is 11.8 Å². The first-order valence-electron chi connectivity index (χ1n) is 10.1. The Kier molecular flexibility index (Phi) is 6.54. The fraction of sp³-hybridized carbons (Fsp3) is 0.571. The third kappa shape index (κ3) is 5.47. The number of carbonyl (C=O) groups excluding carboxylic acids is 2. The molecule has 2 saturated heterocycles. The number of piperidine rings is 1. The minimum atomic E-state index is -0.879. The summed E-state index contributed by atoms with van der Waals surface area (Å²) in [5.74, 6) is -0.955. The molecule has 28 heavy (non-hydrogen) atoms. The van der Waals surface area contributed by atoms with Gasteiger partial charge in [0, 0.05) is 49.6 Å². The highest BCUT2D eigenvalue weighted by Gasteiger charge is 2.38. The van der Waals surface area contributed by atoms with Crippen molar-refractivity contribution in [2.45, 2.75) is 62.9 Å². The van der Waals surface area contributed by atoms with Crippen LogP contribution in [-0.2, 0) is 14.4 Å². The van der Waals surface area contributed by atoms with Crippen LogP contribution >= 0.6 is 0 Å². The van der Waals surface area contributed by atoms with Crippen molar-refractivity contribution in [3.8, 4) is 0 Å². The van der Waals surface area contributed by atoms with E-state index in [9.17, 15) is 14.4 Å². The summed E-state index contributed by atoms with van der Waals surface area (Å²) in [5.41, 5.74) is 0.661. The molecule has 7 heteroatoms. The zero-order valence-electron chi connectivity index (χ0n) is 16.2. The Hall–Kier alpha value is -2.57. The monoisotopic (exact) mass is 387 g/mol. The Morgan fingerprint density at radius 2 is 1.82 bits per heavy atom. The number of hydrogen-bond acceptors (Lipinski definition) is 4. The molecule has 0 radical (unpaired) electrons. The lowest BCUT2D eigenvalue weighted by atomic mass is 9.86. The molecule has 2 heterocycles. The van der Waals surface area contributed by atoms with Crippen LogP contribution < -0.4 is 15.5 Å². The minimum absolute atomic E-state index is 0.000154. The lowest BCUT2D eigenvalue weighted by Gasteiger charge is -2.34. The van der Waals surface area contributed by atoms with Gasteiger partial charge in [-0.25, -0.2) is 0 Å². The van der Waals surface area contributed by atoms with Gasteiger partial charge >= 0.3 is 5.97 Å². The quantitative estimate of drug-likeness (QED) is 0.634. The topological polar surface area (TPSA) is 98.7 Å². The van der Waals surface area contributed by atoms with Gasteiger partial charge in [0.1, 0.15) is 0 Å². The van der Waals surface area contributed by atoms with Crippen LogP contribution in [-0.4, -0.2) is 47.6 Å². The molecule has 1 aromatic rings. The number of hydrogen-bond donors (Lipinski definition) is 3. The number of carboxylic acids is 1. The van der Waals surface area contributed by atoms with Crippen LogP contribution in [0.25, 0.3) is 0 Å². The van der Waals surface area contributed by atoms with E-state index in [1.165, 1.54) is 5.69 Å². The summed E-state index contributed by atoms with van der Waals surface area (Å²) >= 11 is 0. The number of para-hydroxylation sites is 1. The van der Waals surface area contributed by atoms with E-state index in [1.807, 2.05) is 18.2 Å². The third-order valence-corrected chi connectivity index (χ3v) is 5.86. The molecule has 2 aliphatic rings. The molecule has 3 N–H and O–H groups in total. The molecular weight excluding hydrogens is 358 g/mol. The Labute approximate surface area is 165 Å². The number of anilines is 1. The van der Waals surface area contributed by atoms with Gasteiger partial charge < -0.3 is 20.6 Å².